The van der Waals surface area contributed by atoms with Gasteiger partial charge in [-0.25, -0.2) is 4.39 Å². The number of halogens is 1. The second-order valence-electron chi connectivity index (χ2n) is 4.73. The normalized spacial score (nSPS) is 23.6. The van der Waals surface area contributed by atoms with E-state index in [9.17, 15) is 8.60 Å². The van der Waals surface area contributed by atoms with Crippen LogP contribution in [-0.4, -0.2) is 22.7 Å². The van der Waals surface area contributed by atoms with Crippen molar-refractivity contribution in [2.45, 2.75) is 37.5 Å². The Labute approximate surface area is 110 Å². The van der Waals surface area contributed by atoms with Gasteiger partial charge in [0.2, 0.25) is 0 Å². The lowest BCUT2D eigenvalue weighted by Gasteiger charge is -2.23. The minimum atomic E-state index is -0.967. The molecule has 0 amide bonds. The van der Waals surface area contributed by atoms with Crippen molar-refractivity contribution in [2.75, 3.05) is 12.4 Å². The first-order valence-electron chi connectivity index (χ1n) is 6.41. The standard InChI is InChI=1S/C14H19FO2S/c1-11(12-5-7-13(15)8-6-12)18(16)10-14-4-2-3-9-17-14/h5-8,11,14H,2-4,9-10H2,1H3/t11-,14-,18+/m1/s1. The van der Waals surface area contributed by atoms with E-state index in [1.165, 1.54) is 12.1 Å². The van der Waals surface area contributed by atoms with Gasteiger partial charge in [0.1, 0.15) is 5.82 Å². The van der Waals surface area contributed by atoms with E-state index in [-0.39, 0.29) is 17.2 Å². The maximum Gasteiger partial charge on any atom is 0.123 e. The molecular weight excluding hydrogens is 251 g/mol. The van der Waals surface area contributed by atoms with Crippen LogP contribution in [0.5, 0.6) is 0 Å². The lowest BCUT2D eigenvalue weighted by atomic mass is 10.1. The summed E-state index contributed by atoms with van der Waals surface area (Å²) in [5.74, 6) is 0.325. The molecule has 4 heteroatoms. The fraction of sp³-hybridized carbons (Fsp3) is 0.571. The van der Waals surface area contributed by atoms with Crippen LogP contribution in [0.4, 0.5) is 4.39 Å². The largest absolute Gasteiger partial charge is 0.377 e. The van der Waals surface area contributed by atoms with Crippen LogP contribution in [-0.2, 0) is 15.5 Å². The first kappa shape index (κ1) is 13.7. The molecule has 0 unspecified atom stereocenters. The van der Waals surface area contributed by atoms with Gasteiger partial charge in [0, 0.05) is 17.4 Å². The maximum atomic E-state index is 12.8. The van der Waals surface area contributed by atoms with E-state index in [1.54, 1.807) is 12.1 Å². The average molecular weight is 270 g/mol. The number of ether oxygens (including phenoxy) is 1. The Morgan fingerprint density at radius 2 is 2.11 bits per heavy atom. The summed E-state index contributed by atoms with van der Waals surface area (Å²) in [4.78, 5) is 0. The summed E-state index contributed by atoms with van der Waals surface area (Å²) in [6, 6.07) is 6.25. The zero-order chi connectivity index (χ0) is 13.0. The molecule has 1 fully saturated rings. The second kappa shape index (κ2) is 6.43. The summed E-state index contributed by atoms with van der Waals surface area (Å²) in [5.41, 5.74) is 0.922. The maximum absolute atomic E-state index is 12.8. The third-order valence-electron chi connectivity index (χ3n) is 3.36. The van der Waals surface area contributed by atoms with Crippen LogP contribution in [0.2, 0.25) is 0 Å². The van der Waals surface area contributed by atoms with Crippen molar-refractivity contribution in [2.24, 2.45) is 0 Å². The Morgan fingerprint density at radius 3 is 2.72 bits per heavy atom. The fourth-order valence-corrected chi connectivity index (χ4v) is 3.53. The van der Waals surface area contributed by atoms with Gasteiger partial charge in [-0.3, -0.25) is 4.21 Å². The lowest BCUT2D eigenvalue weighted by Crippen LogP contribution is -2.26. The molecule has 0 aliphatic carbocycles. The molecule has 1 aromatic rings. The Kier molecular flexibility index (Phi) is 4.89. The van der Waals surface area contributed by atoms with Crippen molar-refractivity contribution in [3.63, 3.8) is 0 Å². The highest BCUT2D eigenvalue weighted by molar-refractivity contribution is 7.85. The van der Waals surface area contributed by atoms with E-state index >= 15 is 0 Å². The summed E-state index contributed by atoms with van der Waals surface area (Å²) >= 11 is 0. The summed E-state index contributed by atoms with van der Waals surface area (Å²) in [6.45, 7) is 2.71. The Hall–Kier alpha value is -0.740. The zero-order valence-corrected chi connectivity index (χ0v) is 11.4. The van der Waals surface area contributed by atoms with E-state index < -0.39 is 10.8 Å². The van der Waals surface area contributed by atoms with E-state index in [2.05, 4.69) is 0 Å². The molecule has 3 atom stereocenters. The van der Waals surface area contributed by atoms with Gasteiger partial charge in [-0.1, -0.05) is 12.1 Å². The van der Waals surface area contributed by atoms with E-state index in [0.717, 1.165) is 31.4 Å². The highest BCUT2D eigenvalue weighted by atomic mass is 32.2. The topological polar surface area (TPSA) is 26.3 Å². The van der Waals surface area contributed by atoms with Gasteiger partial charge in [0.15, 0.2) is 0 Å². The zero-order valence-electron chi connectivity index (χ0n) is 10.6. The van der Waals surface area contributed by atoms with Crippen molar-refractivity contribution in [3.05, 3.63) is 35.6 Å². The summed E-state index contributed by atoms with van der Waals surface area (Å²) in [5, 5.41) is -0.0730. The van der Waals surface area contributed by atoms with Crippen molar-refractivity contribution >= 4 is 10.8 Å². The van der Waals surface area contributed by atoms with Crippen molar-refractivity contribution in [3.8, 4) is 0 Å². The summed E-state index contributed by atoms with van der Waals surface area (Å²) in [6.07, 6.45) is 3.40. The molecule has 100 valence electrons. The molecule has 2 rings (SSSR count). The van der Waals surface area contributed by atoms with E-state index in [1.807, 2.05) is 6.92 Å². The van der Waals surface area contributed by atoms with Crippen LogP contribution in [0.3, 0.4) is 0 Å². The first-order chi connectivity index (χ1) is 8.66. The van der Waals surface area contributed by atoms with Gasteiger partial charge in [0.25, 0.3) is 0 Å². The Morgan fingerprint density at radius 1 is 1.39 bits per heavy atom. The number of rotatable bonds is 4. The van der Waals surface area contributed by atoms with Crippen LogP contribution in [0.1, 0.15) is 37.0 Å². The van der Waals surface area contributed by atoms with Crippen molar-refractivity contribution in [1.82, 2.24) is 0 Å². The molecule has 1 saturated heterocycles. The molecule has 0 aromatic heterocycles. The highest BCUT2D eigenvalue weighted by Gasteiger charge is 2.21. The minimum Gasteiger partial charge on any atom is -0.377 e. The van der Waals surface area contributed by atoms with Crippen LogP contribution in [0.25, 0.3) is 0 Å². The number of hydrogen-bond acceptors (Lipinski definition) is 2. The monoisotopic (exact) mass is 270 g/mol. The smallest absolute Gasteiger partial charge is 0.123 e. The van der Waals surface area contributed by atoms with Crippen LogP contribution in [0, 0.1) is 5.82 Å². The predicted octanol–water partition coefficient (Wildman–Crippen LogP) is 3.20. The van der Waals surface area contributed by atoms with Crippen LogP contribution in [0.15, 0.2) is 24.3 Å². The minimum absolute atomic E-state index is 0.0730. The first-order valence-corrected chi connectivity index (χ1v) is 7.79. The fourth-order valence-electron chi connectivity index (χ4n) is 2.15. The van der Waals surface area contributed by atoms with Gasteiger partial charge in [-0.2, -0.15) is 0 Å². The molecule has 2 nitrogen and oxygen atoms in total. The van der Waals surface area contributed by atoms with Crippen LogP contribution >= 0.6 is 0 Å². The van der Waals surface area contributed by atoms with E-state index in [4.69, 9.17) is 4.74 Å². The molecule has 0 spiro atoms. The van der Waals surface area contributed by atoms with Crippen molar-refractivity contribution in [1.29, 1.82) is 0 Å². The van der Waals surface area contributed by atoms with Gasteiger partial charge in [-0.15, -0.1) is 0 Å². The molecular formula is C14H19FO2S. The third-order valence-corrected chi connectivity index (χ3v) is 5.12. The van der Waals surface area contributed by atoms with Gasteiger partial charge >= 0.3 is 0 Å². The van der Waals surface area contributed by atoms with E-state index in [0.29, 0.717) is 5.75 Å². The molecule has 0 saturated carbocycles. The third kappa shape index (κ3) is 3.62. The van der Waals surface area contributed by atoms with Crippen molar-refractivity contribution < 1.29 is 13.3 Å². The predicted molar refractivity (Wildman–Crippen MR) is 71.4 cm³/mol. The molecule has 0 bridgehead atoms. The molecule has 0 radical (unpaired) electrons. The molecule has 18 heavy (non-hydrogen) atoms. The average Bonchev–Trinajstić information content (AvgIpc) is 2.40. The number of benzene rings is 1. The Bertz CT molecular complexity index is 399. The quantitative estimate of drug-likeness (QED) is 0.840. The molecule has 1 aliphatic rings. The Balaban J connectivity index is 1.93. The molecule has 1 aliphatic heterocycles. The molecule has 0 N–H and O–H groups in total. The van der Waals surface area contributed by atoms with Gasteiger partial charge in [0.05, 0.1) is 17.1 Å². The molecule has 1 heterocycles. The SMILES string of the molecule is C[C@H](c1ccc(F)cc1)[S@@](=O)C[C@H]1CCCCO1. The molecule has 1 aromatic carbocycles. The number of hydrogen-bond donors (Lipinski definition) is 0. The van der Waals surface area contributed by atoms with Gasteiger partial charge in [-0.05, 0) is 43.9 Å². The summed E-state index contributed by atoms with van der Waals surface area (Å²) < 4.78 is 30.7. The lowest BCUT2D eigenvalue weighted by molar-refractivity contribution is 0.0309. The van der Waals surface area contributed by atoms with Crippen LogP contribution < -0.4 is 0 Å². The van der Waals surface area contributed by atoms with Gasteiger partial charge < -0.3 is 4.74 Å². The summed E-state index contributed by atoms with van der Waals surface area (Å²) in [7, 11) is -0.967. The highest BCUT2D eigenvalue weighted by Crippen LogP contribution is 2.22. The second-order valence-corrected chi connectivity index (χ2v) is 6.53.